The first-order chi connectivity index (χ1) is 11.2. The molecule has 0 aliphatic heterocycles. The van der Waals surface area contributed by atoms with E-state index in [1.165, 1.54) is 18.2 Å². The molecule has 0 bridgehead atoms. The van der Waals surface area contributed by atoms with E-state index >= 15 is 0 Å². The molecule has 0 aliphatic rings. The molecule has 0 spiro atoms. The molecule has 0 aliphatic carbocycles. The van der Waals surface area contributed by atoms with Gasteiger partial charge in [0.15, 0.2) is 0 Å². The topological polar surface area (TPSA) is 89.3 Å². The Balaban J connectivity index is 2.17. The molecule has 3 N–H and O–H groups in total. The van der Waals surface area contributed by atoms with Crippen molar-refractivity contribution in [2.75, 3.05) is 5.32 Å². The van der Waals surface area contributed by atoms with Gasteiger partial charge < -0.3 is 5.32 Å². The Kier molecular flexibility index (Phi) is 5.66. The minimum atomic E-state index is -3.86. The van der Waals surface area contributed by atoms with Crippen LogP contribution in [-0.4, -0.2) is 14.3 Å². The summed E-state index contributed by atoms with van der Waals surface area (Å²) in [5, 5.41) is 8.62. The first kappa shape index (κ1) is 18.5. The van der Waals surface area contributed by atoms with Gasteiger partial charge in [-0.2, -0.15) is 0 Å². The number of hydrogen-bond acceptors (Lipinski definition) is 3. The van der Waals surface area contributed by atoms with Gasteiger partial charge in [-0.15, -0.1) is 0 Å². The highest BCUT2D eigenvalue weighted by Crippen LogP contribution is 2.22. The number of halogens is 2. The van der Waals surface area contributed by atoms with Crippen molar-refractivity contribution in [1.29, 1.82) is 0 Å². The number of rotatable bonds is 4. The summed E-state index contributed by atoms with van der Waals surface area (Å²) < 4.78 is 23.0. The van der Waals surface area contributed by atoms with Crippen molar-refractivity contribution < 1.29 is 13.2 Å². The van der Waals surface area contributed by atoms with E-state index in [4.69, 9.17) is 28.3 Å². The van der Waals surface area contributed by atoms with Gasteiger partial charge in [0.25, 0.3) is 0 Å². The minimum Gasteiger partial charge on any atom is -0.322 e. The quantitative estimate of drug-likeness (QED) is 0.788. The van der Waals surface area contributed by atoms with E-state index in [9.17, 15) is 13.2 Å². The third-order valence-electron chi connectivity index (χ3n) is 3.14. The molecule has 0 radical (unpaired) electrons. The lowest BCUT2D eigenvalue weighted by Gasteiger charge is -2.07. The number of nitrogens with one attached hydrogen (secondary N) is 1. The van der Waals surface area contributed by atoms with Crippen molar-refractivity contribution in [3.8, 4) is 0 Å². The van der Waals surface area contributed by atoms with Crippen LogP contribution in [0, 0.1) is 6.92 Å². The SMILES string of the molecule is Cc1ccc(NC(=O)/C=C/c2ccc(Cl)cc2Cl)cc1S(N)(=O)=O. The Labute approximate surface area is 150 Å². The number of anilines is 1. The number of carbonyl (C=O) groups is 1. The lowest BCUT2D eigenvalue weighted by Crippen LogP contribution is -2.15. The summed E-state index contributed by atoms with van der Waals surface area (Å²) in [5.74, 6) is -0.440. The van der Waals surface area contributed by atoms with Gasteiger partial charge in [-0.3, -0.25) is 4.79 Å². The molecule has 2 aromatic rings. The number of hydrogen-bond donors (Lipinski definition) is 2. The largest absolute Gasteiger partial charge is 0.322 e. The predicted octanol–water partition coefficient (Wildman–Crippen LogP) is 3.60. The monoisotopic (exact) mass is 384 g/mol. The highest BCUT2D eigenvalue weighted by atomic mass is 35.5. The van der Waals surface area contributed by atoms with Crippen LogP contribution in [0.2, 0.25) is 10.0 Å². The smallest absolute Gasteiger partial charge is 0.248 e. The Hall–Kier alpha value is -1.86. The van der Waals surface area contributed by atoms with Crippen LogP contribution < -0.4 is 10.5 Å². The predicted molar refractivity (Wildman–Crippen MR) is 96.7 cm³/mol. The maximum atomic E-state index is 12.0. The molecule has 0 atom stereocenters. The van der Waals surface area contributed by atoms with Gasteiger partial charge in [0, 0.05) is 21.8 Å². The summed E-state index contributed by atoms with van der Waals surface area (Å²) in [6.45, 7) is 1.62. The summed E-state index contributed by atoms with van der Waals surface area (Å²) in [5.41, 5.74) is 1.45. The van der Waals surface area contributed by atoms with Gasteiger partial charge in [-0.25, -0.2) is 13.6 Å². The molecule has 0 saturated carbocycles. The second kappa shape index (κ2) is 7.36. The number of benzene rings is 2. The number of aryl methyl sites for hydroxylation is 1. The average molecular weight is 385 g/mol. The van der Waals surface area contributed by atoms with Gasteiger partial charge in [-0.1, -0.05) is 35.3 Å². The van der Waals surface area contributed by atoms with Crippen molar-refractivity contribution in [3.05, 3.63) is 63.6 Å². The molecular weight excluding hydrogens is 371 g/mol. The molecule has 24 heavy (non-hydrogen) atoms. The molecule has 2 rings (SSSR count). The Bertz CT molecular complexity index is 925. The fourth-order valence-corrected chi connectivity index (χ4v) is 3.25. The maximum Gasteiger partial charge on any atom is 0.248 e. The van der Waals surface area contributed by atoms with Crippen LogP contribution in [0.1, 0.15) is 11.1 Å². The molecule has 0 heterocycles. The van der Waals surface area contributed by atoms with E-state index in [-0.39, 0.29) is 4.90 Å². The van der Waals surface area contributed by atoms with E-state index in [1.54, 1.807) is 37.3 Å². The lowest BCUT2D eigenvalue weighted by molar-refractivity contribution is -0.111. The number of nitrogens with two attached hydrogens (primary N) is 1. The third kappa shape index (κ3) is 4.82. The second-order valence-electron chi connectivity index (χ2n) is 5.01. The minimum absolute atomic E-state index is 0.0370. The molecular formula is C16H14Cl2N2O3S. The van der Waals surface area contributed by atoms with Crippen LogP contribution in [0.4, 0.5) is 5.69 Å². The van der Waals surface area contributed by atoms with Crippen LogP contribution in [0.15, 0.2) is 47.4 Å². The van der Waals surface area contributed by atoms with Crippen molar-refractivity contribution >= 4 is 50.9 Å². The van der Waals surface area contributed by atoms with Crippen LogP contribution >= 0.6 is 23.2 Å². The zero-order chi connectivity index (χ0) is 17.9. The number of sulfonamides is 1. The summed E-state index contributed by atoms with van der Waals surface area (Å²) in [6, 6.07) is 9.37. The molecule has 5 nitrogen and oxygen atoms in total. The molecule has 0 aromatic heterocycles. The Morgan fingerprint density at radius 1 is 1.17 bits per heavy atom. The molecule has 0 fully saturated rings. The van der Waals surface area contributed by atoms with E-state index in [0.29, 0.717) is 26.9 Å². The van der Waals surface area contributed by atoms with Crippen molar-refractivity contribution in [2.24, 2.45) is 5.14 Å². The highest BCUT2D eigenvalue weighted by Gasteiger charge is 2.12. The van der Waals surface area contributed by atoms with Crippen LogP contribution in [0.3, 0.4) is 0 Å². The van der Waals surface area contributed by atoms with E-state index in [1.807, 2.05) is 0 Å². The van der Waals surface area contributed by atoms with Crippen LogP contribution in [0.5, 0.6) is 0 Å². The molecule has 1 amide bonds. The van der Waals surface area contributed by atoms with E-state index in [0.717, 1.165) is 0 Å². The first-order valence-electron chi connectivity index (χ1n) is 6.74. The first-order valence-corrected chi connectivity index (χ1v) is 9.04. The standard InChI is InChI=1S/C16H14Cl2N2O3S/c1-10-2-6-13(9-15(10)24(19,22)23)20-16(21)7-4-11-3-5-12(17)8-14(11)18/h2-9H,1H3,(H,20,21)(H2,19,22,23)/b7-4+. The second-order valence-corrected chi connectivity index (χ2v) is 7.39. The molecule has 2 aromatic carbocycles. The van der Waals surface area contributed by atoms with Crippen LogP contribution in [-0.2, 0) is 14.8 Å². The third-order valence-corrected chi connectivity index (χ3v) is 4.75. The zero-order valence-electron chi connectivity index (χ0n) is 12.6. The fraction of sp³-hybridized carbons (Fsp3) is 0.0625. The van der Waals surface area contributed by atoms with E-state index < -0.39 is 15.9 Å². The van der Waals surface area contributed by atoms with Gasteiger partial charge in [-0.05, 0) is 48.4 Å². The van der Waals surface area contributed by atoms with Crippen molar-refractivity contribution in [2.45, 2.75) is 11.8 Å². The molecule has 0 unspecified atom stereocenters. The van der Waals surface area contributed by atoms with Crippen molar-refractivity contribution in [1.82, 2.24) is 0 Å². The summed E-state index contributed by atoms with van der Waals surface area (Å²) in [6.07, 6.45) is 2.81. The van der Waals surface area contributed by atoms with Gasteiger partial charge in [0.2, 0.25) is 15.9 Å². The van der Waals surface area contributed by atoms with Gasteiger partial charge >= 0.3 is 0 Å². The lowest BCUT2D eigenvalue weighted by atomic mass is 10.2. The number of amides is 1. The number of primary sulfonamides is 1. The average Bonchev–Trinajstić information content (AvgIpc) is 2.47. The van der Waals surface area contributed by atoms with Crippen molar-refractivity contribution in [3.63, 3.8) is 0 Å². The number of carbonyl (C=O) groups excluding carboxylic acids is 1. The molecule has 8 heteroatoms. The summed E-state index contributed by atoms with van der Waals surface area (Å²) in [7, 11) is -3.86. The van der Waals surface area contributed by atoms with Gasteiger partial charge in [0.1, 0.15) is 0 Å². The van der Waals surface area contributed by atoms with Gasteiger partial charge in [0.05, 0.1) is 4.90 Å². The van der Waals surface area contributed by atoms with E-state index in [2.05, 4.69) is 5.32 Å². The Morgan fingerprint density at radius 3 is 2.50 bits per heavy atom. The molecule has 0 saturated heterocycles. The van der Waals surface area contributed by atoms with Crippen LogP contribution in [0.25, 0.3) is 6.08 Å². The molecule has 126 valence electrons. The highest BCUT2D eigenvalue weighted by molar-refractivity contribution is 7.89. The normalized spacial score (nSPS) is 11.7. The summed E-state index contributed by atoms with van der Waals surface area (Å²) >= 11 is 11.8. The fourth-order valence-electron chi connectivity index (χ4n) is 1.97. The Morgan fingerprint density at radius 2 is 1.88 bits per heavy atom. The maximum absolute atomic E-state index is 12.0. The summed E-state index contributed by atoms with van der Waals surface area (Å²) in [4.78, 5) is 11.9. The zero-order valence-corrected chi connectivity index (χ0v) is 14.9.